The van der Waals surface area contributed by atoms with Gasteiger partial charge in [0.1, 0.15) is 0 Å². The maximum atomic E-state index is 11.8. The van der Waals surface area contributed by atoms with Gasteiger partial charge in [-0.3, -0.25) is 4.79 Å². The minimum absolute atomic E-state index is 0.125. The van der Waals surface area contributed by atoms with Crippen LogP contribution in [0.1, 0.15) is 39.0 Å². The van der Waals surface area contributed by atoms with Gasteiger partial charge in [-0.2, -0.15) is 0 Å². The van der Waals surface area contributed by atoms with Crippen molar-refractivity contribution in [3.63, 3.8) is 0 Å². The standard InChI is InChI=1S/C12H22N2O2/c1-12(6-8-16-9-12)14-11(15)5-4-10-3-2-7-13-10/h10,13H,2-9H2,1H3,(H,14,15). The fourth-order valence-electron chi connectivity index (χ4n) is 2.47. The Balaban J connectivity index is 1.67. The van der Waals surface area contributed by atoms with Gasteiger partial charge in [0.25, 0.3) is 0 Å². The predicted molar refractivity (Wildman–Crippen MR) is 62.2 cm³/mol. The quantitative estimate of drug-likeness (QED) is 0.746. The van der Waals surface area contributed by atoms with Crippen LogP contribution in [-0.2, 0) is 9.53 Å². The van der Waals surface area contributed by atoms with E-state index >= 15 is 0 Å². The molecule has 0 aromatic carbocycles. The zero-order valence-electron chi connectivity index (χ0n) is 10.1. The Morgan fingerprint density at radius 3 is 3.12 bits per heavy atom. The van der Waals surface area contributed by atoms with Gasteiger partial charge in [-0.05, 0) is 39.2 Å². The first-order valence-electron chi connectivity index (χ1n) is 6.30. The maximum absolute atomic E-state index is 11.8. The van der Waals surface area contributed by atoms with E-state index in [1.807, 2.05) is 0 Å². The van der Waals surface area contributed by atoms with E-state index in [1.165, 1.54) is 12.8 Å². The average molecular weight is 226 g/mol. The molecular formula is C12H22N2O2. The molecule has 2 N–H and O–H groups in total. The molecule has 4 heteroatoms. The van der Waals surface area contributed by atoms with Gasteiger partial charge in [0.2, 0.25) is 5.91 Å². The summed E-state index contributed by atoms with van der Waals surface area (Å²) in [5.41, 5.74) is -0.125. The highest BCUT2D eigenvalue weighted by Gasteiger charge is 2.31. The molecule has 2 unspecified atom stereocenters. The lowest BCUT2D eigenvalue weighted by atomic mass is 10.0. The van der Waals surface area contributed by atoms with Crippen LogP contribution < -0.4 is 10.6 Å². The van der Waals surface area contributed by atoms with Crippen molar-refractivity contribution in [1.29, 1.82) is 0 Å². The lowest BCUT2D eigenvalue weighted by Gasteiger charge is -2.23. The van der Waals surface area contributed by atoms with Gasteiger partial charge in [-0.15, -0.1) is 0 Å². The van der Waals surface area contributed by atoms with Crippen LogP contribution in [-0.4, -0.2) is 37.2 Å². The van der Waals surface area contributed by atoms with Crippen LogP contribution in [0.3, 0.4) is 0 Å². The Labute approximate surface area is 97.1 Å². The number of hydrogen-bond acceptors (Lipinski definition) is 3. The van der Waals surface area contributed by atoms with Gasteiger partial charge < -0.3 is 15.4 Å². The van der Waals surface area contributed by atoms with Gasteiger partial charge in [0.15, 0.2) is 0 Å². The number of hydrogen-bond donors (Lipinski definition) is 2. The number of rotatable bonds is 4. The smallest absolute Gasteiger partial charge is 0.220 e. The molecule has 1 amide bonds. The summed E-state index contributed by atoms with van der Waals surface area (Å²) in [6.45, 7) is 4.59. The van der Waals surface area contributed by atoms with E-state index in [1.54, 1.807) is 0 Å². The molecule has 0 bridgehead atoms. The Bertz CT molecular complexity index is 243. The van der Waals surface area contributed by atoms with Crippen molar-refractivity contribution in [2.75, 3.05) is 19.8 Å². The lowest BCUT2D eigenvalue weighted by molar-refractivity contribution is -0.123. The predicted octanol–water partition coefficient (Wildman–Crippen LogP) is 0.814. The third kappa shape index (κ3) is 3.19. The van der Waals surface area contributed by atoms with E-state index in [0.29, 0.717) is 19.1 Å². The number of amides is 1. The molecule has 2 atom stereocenters. The number of carbonyl (C=O) groups is 1. The Morgan fingerprint density at radius 2 is 2.50 bits per heavy atom. The van der Waals surface area contributed by atoms with E-state index in [2.05, 4.69) is 17.6 Å². The Hall–Kier alpha value is -0.610. The zero-order valence-corrected chi connectivity index (χ0v) is 10.1. The van der Waals surface area contributed by atoms with E-state index in [4.69, 9.17) is 4.74 Å². The highest BCUT2D eigenvalue weighted by molar-refractivity contribution is 5.76. The first-order chi connectivity index (χ1) is 7.68. The summed E-state index contributed by atoms with van der Waals surface area (Å²) in [4.78, 5) is 11.8. The van der Waals surface area contributed by atoms with Gasteiger partial charge >= 0.3 is 0 Å². The van der Waals surface area contributed by atoms with E-state index in [9.17, 15) is 4.79 Å². The largest absolute Gasteiger partial charge is 0.379 e. The summed E-state index contributed by atoms with van der Waals surface area (Å²) in [6.07, 6.45) is 4.99. The summed E-state index contributed by atoms with van der Waals surface area (Å²) in [7, 11) is 0. The summed E-state index contributed by atoms with van der Waals surface area (Å²) >= 11 is 0. The average Bonchev–Trinajstić information content (AvgIpc) is 2.86. The maximum Gasteiger partial charge on any atom is 0.220 e. The van der Waals surface area contributed by atoms with Gasteiger partial charge in [-0.1, -0.05) is 0 Å². The molecule has 4 nitrogen and oxygen atoms in total. The van der Waals surface area contributed by atoms with Crippen LogP contribution in [0.5, 0.6) is 0 Å². The molecule has 16 heavy (non-hydrogen) atoms. The number of nitrogens with one attached hydrogen (secondary N) is 2. The molecule has 92 valence electrons. The van der Waals surface area contributed by atoms with E-state index in [0.717, 1.165) is 26.0 Å². The molecule has 2 rings (SSSR count). The van der Waals surface area contributed by atoms with Crippen molar-refractivity contribution in [2.24, 2.45) is 0 Å². The number of carbonyl (C=O) groups excluding carboxylic acids is 1. The summed E-state index contributed by atoms with van der Waals surface area (Å²) in [6, 6.07) is 0.554. The fourth-order valence-corrected chi connectivity index (χ4v) is 2.47. The second-order valence-electron chi connectivity index (χ2n) is 5.24. The zero-order chi connectivity index (χ0) is 11.4. The normalized spacial score (nSPS) is 34.2. The van der Waals surface area contributed by atoms with Crippen molar-refractivity contribution >= 4 is 5.91 Å². The SMILES string of the molecule is CC1(NC(=O)CCC2CCCN2)CCOC1. The second-order valence-corrected chi connectivity index (χ2v) is 5.24. The van der Waals surface area contributed by atoms with Crippen LogP contribution in [0.4, 0.5) is 0 Å². The first kappa shape index (κ1) is 11.9. The monoisotopic (exact) mass is 226 g/mol. The molecule has 0 aromatic rings. The number of ether oxygens (including phenoxy) is 1. The molecule has 2 aliphatic heterocycles. The minimum Gasteiger partial charge on any atom is -0.379 e. The van der Waals surface area contributed by atoms with Crippen LogP contribution in [0.25, 0.3) is 0 Å². The molecule has 0 radical (unpaired) electrons. The molecule has 2 aliphatic rings. The van der Waals surface area contributed by atoms with Gasteiger partial charge in [0, 0.05) is 19.1 Å². The molecule has 2 saturated heterocycles. The van der Waals surface area contributed by atoms with Crippen molar-refractivity contribution in [2.45, 2.75) is 50.6 Å². The second kappa shape index (κ2) is 5.15. The first-order valence-corrected chi connectivity index (χ1v) is 6.30. The highest BCUT2D eigenvalue weighted by Crippen LogP contribution is 2.18. The van der Waals surface area contributed by atoms with E-state index in [-0.39, 0.29) is 11.4 Å². The highest BCUT2D eigenvalue weighted by atomic mass is 16.5. The molecule has 0 spiro atoms. The van der Waals surface area contributed by atoms with Crippen molar-refractivity contribution in [3.05, 3.63) is 0 Å². The molecule has 0 saturated carbocycles. The Morgan fingerprint density at radius 1 is 1.62 bits per heavy atom. The third-order valence-corrected chi connectivity index (χ3v) is 3.54. The van der Waals surface area contributed by atoms with Gasteiger partial charge in [0.05, 0.1) is 12.1 Å². The molecule has 0 aromatic heterocycles. The van der Waals surface area contributed by atoms with Crippen LogP contribution in [0.2, 0.25) is 0 Å². The summed E-state index contributed by atoms with van der Waals surface area (Å²) < 4.78 is 5.31. The summed E-state index contributed by atoms with van der Waals surface area (Å²) in [5.74, 6) is 0.168. The topological polar surface area (TPSA) is 50.4 Å². The minimum atomic E-state index is -0.125. The third-order valence-electron chi connectivity index (χ3n) is 3.54. The van der Waals surface area contributed by atoms with Crippen molar-refractivity contribution in [1.82, 2.24) is 10.6 Å². The van der Waals surface area contributed by atoms with Crippen LogP contribution >= 0.6 is 0 Å². The molecule has 2 heterocycles. The summed E-state index contributed by atoms with van der Waals surface area (Å²) in [5, 5.41) is 6.50. The van der Waals surface area contributed by atoms with E-state index < -0.39 is 0 Å². The lowest BCUT2D eigenvalue weighted by Crippen LogP contribution is -2.46. The van der Waals surface area contributed by atoms with Gasteiger partial charge in [-0.25, -0.2) is 0 Å². The van der Waals surface area contributed by atoms with Crippen molar-refractivity contribution in [3.8, 4) is 0 Å². The Kier molecular flexibility index (Phi) is 3.82. The molecule has 2 fully saturated rings. The van der Waals surface area contributed by atoms with Crippen molar-refractivity contribution < 1.29 is 9.53 Å². The molecule has 0 aliphatic carbocycles. The van der Waals surface area contributed by atoms with Crippen LogP contribution in [0, 0.1) is 0 Å². The van der Waals surface area contributed by atoms with Crippen LogP contribution in [0.15, 0.2) is 0 Å². The molecular weight excluding hydrogens is 204 g/mol. The fraction of sp³-hybridized carbons (Fsp3) is 0.917.